The van der Waals surface area contributed by atoms with Crippen LogP contribution in [0.25, 0.3) is 9.53 Å². The van der Waals surface area contributed by atoms with Gasteiger partial charge < -0.3 is 15.2 Å². The first kappa shape index (κ1) is 15.7. The molecule has 3 aromatic heterocycles. The van der Waals surface area contributed by atoms with E-state index in [4.69, 9.17) is 0 Å². The normalized spacial score (nSPS) is 10.9. The van der Waals surface area contributed by atoms with Gasteiger partial charge in [-0.05, 0) is 19.9 Å². The highest BCUT2D eigenvalue weighted by molar-refractivity contribution is 7.29. The molecule has 0 aliphatic rings. The summed E-state index contributed by atoms with van der Waals surface area (Å²) in [7, 11) is 0. The lowest BCUT2D eigenvalue weighted by molar-refractivity contribution is 0.103. The first-order chi connectivity index (χ1) is 11.1. The predicted octanol–water partition coefficient (Wildman–Crippen LogP) is 3.14. The zero-order chi connectivity index (χ0) is 16.4. The van der Waals surface area contributed by atoms with E-state index in [9.17, 15) is 9.59 Å². The molecule has 8 heteroatoms. The number of nitrogens with one attached hydrogen (secondary N) is 2. The second-order valence-electron chi connectivity index (χ2n) is 4.83. The number of thiophene rings is 1. The third-order valence-corrected chi connectivity index (χ3v) is 5.63. The molecule has 0 saturated heterocycles. The molecule has 6 nitrogen and oxygen atoms in total. The van der Waals surface area contributed by atoms with E-state index in [0.717, 1.165) is 27.8 Å². The number of fused-ring (bicyclic) bond motifs is 1. The number of H-pyrrole nitrogens is 1. The summed E-state index contributed by atoms with van der Waals surface area (Å²) in [6.07, 6.45) is 3.00. The summed E-state index contributed by atoms with van der Waals surface area (Å²) in [5.74, 6) is -0.290. The van der Waals surface area contributed by atoms with Crippen molar-refractivity contribution in [3.8, 4) is 0 Å². The molecule has 3 rings (SSSR count). The number of carbonyl (C=O) groups is 1. The fourth-order valence-corrected chi connectivity index (χ4v) is 4.40. The molecular weight excluding hydrogens is 332 g/mol. The van der Waals surface area contributed by atoms with Crippen molar-refractivity contribution in [2.75, 3.05) is 23.3 Å². The molecule has 0 unspecified atom stereocenters. The third-order valence-electron chi connectivity index (χ3n) is 3.41. The van der Waals surface area contributed by atoms with Gasteiger partial charge in [0.15, 0.2) is 5.13 Å². The lowest BCUT2D eigenvalue weighted by Gasteiger charge is -2.16. The standard InChI is InChI=1S/C15H16N4O2S2/c1-3-19(4-2)15-18-14-12(23-15)7-11(22-14)13(21)17-9-8-16-6-5-10(9)20/h5-8H,3-4H2,1-2H3,(H,16,20)(H,17,21). The summed E-state index contributed by atoms with van der Waals surface area (Å²) < 4.78 is 0.990. The van der Waals surface area contributed by atoms with Gasteiger partial charge in [-0.3, -0.25) is 9.59 Å². The SMILES string of the molecule is CCN(CC)c1nc2sc(C(=O)Nc3c[nH]ccc3=O)cc2s1. The predicted molar refractivity (Wildman–Crippen MR) is 96.1 cm³/mol. The second-order valence-corrected chi connectivity index (χ2v) is 6.86. The highest BCUT2D eigenvalue weighted by Gasteiger charge is 2.16. The lowest BCUT2D eigenvalue weighted by atomic mass is 10.3. The van der Waals surface area contributed by atoms with Gasteiger partial charge in [0, 0.05) is 31.5 Å². The molecule has 0 fully saturated rings. The Balaban J connectivity index is 1.83. The Hall–Kier alpha value is -2.19. The Morgan fingerprint density at radius 3 is 2.78 bits per heavy atom. The third kappa shape index (κ3) is 3.13. The Bertz CT molecular complexity index is 861. The summed E-state index contributed by atoms with van der Waals surface area (Å²) >= 11 is 2.92. The molecule has 2 N–H and O–H groups in total. The maximum Gasteiger partial charge on any atom is 0.266 e. The van der Waals surface area contributed by atoms with E-state index >= 15 is 0 Å². The van der Waals surface area contributed by atoms with Crippen molar-refractivity contribution in [3.05, 3.63) is 39.6 Å². The van der Waals surface area contributed by atoms with Gasteiger partial charge in [-0.15, -0.1) is 11.3 Å². The zero-order valence-electron chi connectivity index (χ0n) is 12.8. The van der Waals surface area contributed by atoms with Crippen LogP contribution >= 0.6 is 22.7 Å². The Kier molecular flexibility index (Phi) is 4.44. The molecule has 3 heterocycles. The Morgan fingerprint density at radius 1 is 1.35 bits per heavy atom. The molecular formula is C15H16N4O2S2. The van der Waals surface area contributed by atoms with E-state index in [0.29, 0.717) is 4.88 Å². The van der Waals surface area contributed by atoms with Crippen molar-refractivity contribution < 1.29 is 4.79 Å². The van der Waals surface area contributed by atoms with Crippen molar-refractivity contribution in [2.24, 2.45) is 0 Å². The van der Waals surface area contributed by atoms with E-state index < -0.39 is 0 Å². The number of aromatic nitrogens is 2. The van der Waals surface area contributed by atoms with Crippen molar-refractivity contribution in [2.45, 2.75) is 13.8 Å². The Morgan fingerprint density at radius 2 is 2.13 bits per heavy atom. The molecule has 0 spiro atoms. The Labute approximate surface area is 140 Å². The number of rotatable bonds is 5. The van der Waals surface area contributed by atoms with Gasteiger partial charge >= 0.3 is 0 Å². The zero-order valence-corrected chi connectivity index (χ0v) is 14.4. The van der Waals surface area contributed by atoms with Crippen molar-refractivity contribution in [3.63, 3.8) is 0 Å². The lowest BCUT2D eigenvalue weighted by Crippen LogP contribution is -2.21. The van der Waals surface area contributed by atoms with Crippen molar-refractivity contribution >= 4 is 48.9 Å². The van der Waals surface area contributed by atoms with E-state index in [2.05, 4.69) is 34.0 Å². The fraction of sp³-hybridized carbons (Fsp3) is 0.267. The number of pyridine rings is 1. The average molecular weight is 348 g/mol. The first-order valence-corrected chi connectivity index (χ1v) is 8.89. The smallest absolute Gasteiger partial charge is 0.266 e. The van der Waals surface area contributed by atoms with Gasteiger partial charge in [0.2, 0.25) is 5.43 Å². The van der Waals surface area contributed by atoms with Gasteiger partial charge in [-0.1, -0.05) is 11.3 Å². The number of hydrogen-bond donors (Lipinski definition) is 2. The van der Waals surface area contributed by atoms with E-state index in [-0.39, 0.29) is 17.0 Å². The number of nitrogens with zero attached hydrogens (tertiary/aromatic N) is 2. The van der Waals surface area contributed by atoms with Crippen LogP contribution < -0.4 is 15.6 Å². The molecule has 1 amide bonds. The monoisotopic (exact) mass is 348 g/mol. The maximum atomic E-state index is 12.3. The molecule has 0 aromatic carbocycles. The molecule has 3 aromatic rings. The summed E-state index contributed by atoms with van der Waals surface area (Å²) in [6.45, 7) is 5.99. The molecule has 0 bridgehead atoms. The molecule has 120 valence electrons. The minimum absolute atomic E-state index is 0.225. The fourth-order valence-electron chi connectivity index (χ4n) is 2.16. The second kappa shape index (κ2) is 6.51. The number of carbonyl (C=O) groups excluding carboxylic acids is 1. The molecule has 0 radical (unpaired) electrons. The largest absolute Gasteiger partial charge is 0.366 e. The number of amides is 1. The van der Waals surface area contributed by atoms with Crippen molar-refractivity contribution in [1.82, 2.24) is 9.97 Å². The number of aromatic amines is 1. The van der Waals surface area contributed by atoms with Crippen LogP contribution in [0.4, 0.5) is 10.8 Å². The van der Waals surface area contributed by atoms with Crippen LogP contribution in [-0.2, 0) is 0 Å². The maximum absolute atomic E-state index is 12.3. The highest BCUT2D eigenvalue weighted by Crippen LogP contribution is 2.34. The molecule has 0 aliphatic heterocycles. The minimum atomic E-state index is -0.290. The van der Waals surface area contributed by atoms with Crippen LogP contribution in [0, 0.1) is 0 Å². The highest BCUT2D eigenvalue weighted by atomic mass is 32.1. The molecule has 23 heavy (non-hydrogen) atoms. The minimum Gasteiger partial charge on any atom is -0.366 e. The quantitative estimate of drug-likeness (QED) is 0.742. The number of anilines is 2. The van der Waals surface area contributed by atoms with Gasteiger partial charge in [-0.25, -0.2) is 4.98 Å². The summed E-state index contributed by atoms with van der Waals surface area (Å²) in [4.78, 5) is 34.9. The van der Waals surface area contributed by atoms with E-state index in [1.807, 2.05) is 6.07 Å². The van der Waals surface area contributed by atoms with Crippen LogP contribution in [0.3, 0.4) is 0 Å². The van der Waals surface area contributed by atoms with Gasteiger partial charge in [-0.2, -0.15) is 0 Å². The first-order valence-electron chi connectivity index (χ1n) is 7.26. The van der Waals surface area contributed by atoms with Crippen LogP contribution in [0.15, 0.2) is 29.3 Å². The number of hydrogen-bond acceptors (Lipinski definition) is 6. The van der Waals surface area contributed by atoms with Crippen LogP contribution in [0.2, 0.25) is 0 Å². The summed E-state index contributed by atoms with van der Waals surface area (Å²) in [5, 5.41) is 3.61. The van der Waals surface area contributed by atoms with Gasteiger partial charge in [0.25, 0.3) is 5.91 Å². The van der Waals surface area contributed by atoms with Crippen molar-refractivity contribution in [1.29, 1.82) is 0 Å². The van der Waals surface area contributed by atoms with Crippen LogP contribution in [0.5, 0.6) is 0 Å². The van der Waals surface area contributed by atoms with E-state index in [1.54, 1.807) is 11.3 Å². The number of thiazole rings is 1. The summed E-state index contributed by atoms with van der Waals surface area (Å²) in [5.41, 5.74) is 0.0171. The topological polar surface area (TPSA) is 78.1 Å². The van der Waals surface area contributed by atoms with Crippen LogP contribution in [-0.4, -0.2) is 29.0 Å². The van der Waals surface area contributed by atoms with Crippen LogP contribution in [0.1, 0.15) is 23.5 Å². The molecule has 0 atom stereocenters. The molecule has 0 saturated carbocycles. The molecule has 0 aliphatic carbocycles. The average Bonchev–Trinajstić information content (AvgIpc) is 3.10. The van der Waals surface area contributed by atoms with Gasteiger partial charge in [0.05, 0.1) is 9.58 Å². The van der Waals surface area contributed by atoms with E-state index in [1.165, 1.54) is 29.8 Å². The van der Waals surface area contributed by atoms with Gasteiger partial charge in [0.1, 0.15) is 10.5 Å². The summed E-state index contributed by atoms with van der Waals surface area (Å²) in [6, 6.07) is 3.21.